The van der Waals surface area contributed by atoms with Crippen molar-refractivity contribution in [2.75, 3.05) is 20.2 Å². The monoisotopic (exact) mass is 433 g/mol. The number of nitrogens with zero attached hydrogens (tertiary/aromatic N) is 1. The lowest BCUT2D eigenvalue weighted by molar-refractivity contribution is -0.443. The van der Waals surface area contributed by atoms with Crippen LogP contribution in [0.2, 0.25) is 0 Å². The van der Waals surface area contributed by atoms with Crippen molar-refractivity contribution in [1.29, 1.82) is 0 Å². The Morgan fingerprint density at radius 3 is 3.03 bits per heavy atom. The number of fused-ring (bicyclic) bond motifs is 1. The quantitative estimate of drug-likeness (QED) is 0.406. The predicted octanol–water partition coefficient (Wildman–Crippen LogP) is 3.55. The normalized spacial score (nSPS) is 21.2. The maximum absolute atomic E-state index is 13.2. The highest BCUT2D eigenvalue weighted by Gasteiger charge is 2.40. The maximum Gasteiger partial charge on any atom is 0.455 e. The van der Waals surface area contributed by atoms with Crippen LogP contribution in [-0.4, -0.2) is 48.4 Å². The molecule has 0 aromatic heterocycles. The summed E-state index contributed by atoms with van der Waals surface area (Å²) in [6, 6.07) is 7.40. The fourth-order valence-corrected chi connectivity index (χ4v) is 4.13. The lowest BCUT2D eigenvalue weighted by Gasteiger charge is -2.22. The molecule has 2 amide bonds. The fourth-order valence-electron chi connectivity index (χ4n) is 4.13. The highest BCUT2D eigenvalue weighted by molar-refractivity contribution is 6.06. The minimum atomic E-state index is -0.408. The van der Waals surface area contributed by atoms with Crippen LogP contribution in [0.15, 0.2) is 66.0 Å². The molecule has 0 spiro atoms. The predicted molar refractivity (Wildman–Crippen MR) is 123 cm³/mol. The average Bonchev–Trinajstić information content (AvgIpc) is 2.82. The molecule has 0 radical (unpaired) electrons. The Morgan fingerprint density at radius 2 is 2.22 bits per heavy atom. The van der Waals surface area contributed by atoms with E-state index in [4.69, 9.17) is 9.47 Å². The first-order chi connectivity index (χ1) is 15.6. The van der Waals surface area contributed by atoms with E-state index in [1.165, 1.54) is 23.0 Å². The average molecular weight is 434 g/mol. The molecule has 6 nitrogen and oxygen atoms in total. The molecule has 1 aliphatic heterocycles. The van der Waals surface area contributed by atoms with Gasteiger partial charge in [0.05, 0.1) is 7.11 Å². The molecule has 0 fully saturated rings. The van der Waals surface area contributed by atoms with E-state index in [0.717, 1.165) is 24.8 Å². The van der Waals surface area contributed by atoms with Gasteiger partial charge < -0.3 is 14.8 Å². The molecule has 0 saturated carbocycles. The SMILES string of the molecule is COc1cccc(/C=C2/OC3C=CC=CC3=[N+](CC(=O)NCCC3=CCCCC3)C2=O)c1. The van der Waals surface area contributed by atoms with Gasteiger partial charge in [-0.1, -0.05) is 35.9 Å². The third-order valence-corrected chi connectivity index (χ3v) is 5.82. The first kappa shape index (κ1) is 21.8. The molecule has 32 heavy (non-hydrogen) atoms. The number of allylic oxidation sites excluding steroid dienone is 3. The molecule has 1 aromatic rings. The van der Waals surface area contributed by atoms with E-state index < -0.39 is 6.10 Å². The minimum Gasteiger partial charge on any atom is -0.497 e. The van der Waals surface area contributed by atoms with Crippen LogP contribution >= 0.6 is 0 Å². The van der Waals surface area contributed by atoms with E-state index in [-0.39, 0.29) is 24.1 Å². The minimum absolute atomic E-state index is 0.0410. The number of amides is 2. The van der Waals surface area contributed by atoms with Crippen molar-refractivity contribution in [3.63, 3.8) is 0 Å². The number of ether oxygens (including phenoxy) is 2. The smallest absolute Gasteiger partial charge is 0.455 e. The van der Waals surface area contributed by atoms with Gasteiger partial charge in [0, 0.05) is 12.6 Å². The van der Waals surface area contributed by atoms with Gasteiger partial charge in [-0.2, -0.15) is 0 Å². The standard InChI is InChI=1S/C26H28N2O4/c1-31-21-11-7-10-20(16-21)17-24-26(30)28(22-12-5-6-13-23(22)32-24)18-25(29)27-15-14-19-8-3-2-4-9-19/h5-8,10-13,16-17,23H,2-4,9,14-15,18H2,1H3/p+1/b24-17+. The molecular formula is C26H29N2O4+. The molecular weight excluding hydrogens is 404 g/mol. The zero-order chi connectivity index (χ0) is 22.3. The fraction of sp³-hybridized carbons (Fsp3) is 0.346. The number of methoxy groups -OCH3 is 1. The van der Waals surface area contributed by atoms with Gasteiger partial charge in [0.2, 0.25) is 24.1 Å². The van der Waals surface area contributed by atoms with Crippen LogP contribution in [0.5, 0.6) is 5.75 Å². The van der Waals surface area contributed by atoms with Gasteiger partial charge >= 0.3 is 5.91 Å². The lowest BCUT2D eigenvalue weighted by Crippen LogP contribution is -2.46. The number of hydrogen-bond acceptors (Lipinski definition) is 4. The summed E-state index contributed by atoms with van der Waals surface area (Å²) in [6.07, 6.45) is 16.6. The summed E-state index contributed by atoms with van der Waals surface area (Å²) in [5, 5.41) is 2.97. The van der Waals surface area contributed by atoms with Crippen molar-refractivity contribution in [2.45, 2.75) is 38.2 Å². The van der Waals surface area contributed by atoms with Gasteiger partial charge in [0.15, 0.2) is 0 Å². The van der Waals surface area contributed by atoms with Crippen LogP contribution in [-0.2, 0) is 14.3 Å². The van der Waals surface area contributed by atoms with E-state index >= 15 is 0 Å². The highest BCUT2D eigenvalue weighted by atomic mass is 16.5. The van der Waals surface area contributed by atoms with Gasteiger partial charge in [-0.3, -0.25) is 4.79 Å². The third-order valence-electron chi connectivity index (χ3n) is 5.82. The molecule has 4 rings (SSSR count). The van der Waals surface area contributed by atoms with Gasteiger partial charge in [0.25, 0.3) is 5.91 Å². The molecule has 1 atom stereocenters. The van der Waals surface area contributed by atoms with Crippen LogP contribution in [0.1, 0.15) is 37.7 Å². The van der Waals surface area contributed by atoms with Crippen LogP contribution in [0.4, 0.5) is 0 Å². The molecule has 2 aliphatic carbocycles. The van der Waals surface area contributed by atoms with Crippen molar-refractivity contribution in [3.05, 3.63) is 71.5 Å². The molecule has 166 valence electrons. The van der Waals surface area contributed by atoms with Gasteiger partial charge in [-0.25, -0.2) is 4.79 Å². The maximum atomic E-state index is 13.2. The van der Waals surface area contributed by atoms with Gasteiger partial charge in [-0.15, -0.1) is 4.58 Å². The first-order valence-corrected chi connectivity index (χ1v) is 11.1. The number of rotatable bonds is 7. The zero-order valence-electron chi connectivity index (χ0n) is 18.4. The third kappa shape index (κ3) is 5.25. The number of benzene rings is 1. The Labute approximate surface area is 188 Å². The molecule has 0 saturated heterocycles. The Morgan fingerprint density at radius 1 is 1.31 bits per heavy atom. The van der Waals surface area contributed by atoms with Crippen molar-refractivity contribution < 1.29 is 23.6 Å². The van der Waals surface area contributed by atoms with Crippen LogP contribution < -0.4 is 10.1 Å². The van der Waals surface area contributed by atoms with Crippen molar-refractivity contribution in [1.82, 2.24) is 5.32 Å². The van der Waals surface area contributed by atoms with Crippen molar-refractivity contribution in [3.8, 4) is 5.75 Å². The summed E-state index contributed by atoms with van der Waals surface area (Å²) < 4.78 is 12.7. The Bertz CT molecular complexity index is 1050. The molecule has 1 heterocycles. The summed E-state index contributed by atoms with van der Waals surface area (Å²) in [5.74, 6) is 0.391. The second-order valence-corrected chi connectivity index (χ2v) is 8.09. The Kier molecular flexibility index (Phi) is 7.00. The van der Waals surface area contributed by atoms with Gasteiger partial charge in [-0.05, 0) is 62.0 Å². The second-order valence-electron chi connectivity index (χ2n) is 8.09. The van der Waals surface area contributed by atoms with Crippen LogP contribution in [0, 0.1) is 0 Å². The largest absolute Gasteiger partial charge is 0.497 e. The summed E-state index contributed by atoms with van der Waals surface area (Å²) >= 11 is 0. The first-order valence-electron chi connectivity index (χ1n) is 11.1. The van der Waals surface area contributed by atoms with E-state index in [2.05, 4.69) is 11.4 Å². The molecule has 6 heteroatoms. The van der Waals surface area contributed by atoms with E-state index in [1.807, 2.05) is 48.6 Å². The molecule has 1 N–H and O–H groups in total. The number of hydrogen-bond donors (Lipinski definition) is 1. The lowest BCUT2D eigenvalue weighted by atomic mass is 9.97. The molecule has 1 aromatic carbocycles. The Hall–Kier alpha value is -3.41. The summed E-state index contributed by atoms with van der Waals surface area (Å²) in [7, 11) is 1.60. The topological polar surface area (TPSA) is 67.6 Å². The molecule has 0 bridgehead atoms. The van der Waals surface area contributed by atoms with Crippen molar-refractivity contribution in [2.24, 2.45) is 0 Å². The molecule has 3 aliphatic rings. The number of nitrogens with one attached hydrogen (secondary N) is 1. The molecule has 1 unspecified atom stereocenters. The Balaban J connectivity index is 1.49. The summed E-state index contributed by atoms with van der Waals surface area (Å²) in [4.78, 5) is 25.9. The highest BCUT2D eigenvalue weighted by Crippen LogP contribution is 2.22. The van der Waals surface area contributed by atoms with E-state index in [1.54, 1.807) is 13.2 Å². The summed E-state index contributed by atoms with van der Waals surface area (Å²) in [5.41, 5.74) is 2.87. The van der Waals surface area contributed by atoms with Crippen molar-refractivity contribution >= 4 is 23.6 Å². The number of carbonyl (C=O) groups is 2. The van der Waals surface area contributed by atoms with E-state index in [0.29, 0.717) is 18.0 Å². The van der Waals surface area contributed by atoms with Gasteiger partial charge in [0.1, 0.15) is 5.75 Å². The second kappa shape index (κ2) is 10.3. The zero-order valence-corrected chi connectivity index (χ0v) is 18.4. The summed E-state index contributed by atoms with van der Waals surface area (Å²) in [6.45, 7) is 0.547. The van der Waals surface area contributed by atoms with E-state index in [9.17, 15) is 9.59 Å². The van der Waals surface area contributed by atoms with Crippen LogP contribution in [0.25, 0.3) is 6.08 Å². The van der Waals surface area contributed by atoms with Crippen LogP contribution in [0.3, 0.4) is 0 Å². The number of carbonyl (C=O) groups excluding carboxylic acids is 2.